The monoisotopic (exact) mass is 265 g/mol. The van der Waals surface area contributed by atoms with Gasteiger partial charge in [-0.3, -0.25) is 5.32 Å². The molecule has 1 unspecified atom stereocenters. The lowest BCUT2D eigenvalue weighted by Crippen LogP contribution is -2.26. The minimum absolute atomic E-state index is 0.171. The number of hydrogen-bond donors (Lipinski definition) is 1. The standard InChI is InChI=1S/C13H16BrN/c1-4-12(5-2)15-9-11-7-6-10(3)13(14)8-11/h1,6-8,12,15H,5,9H2,2-3H3. The topological polar surface area (TPSA) is 12.0 Å². The van der Waals surface area contributed by atoms with Crippen LogP contribution >= 0.6 is 15.9 Å². The van der Waals surface area contributed by atoms with Crippen LogP contribution in [0.4, 0.5) is 0 Å². The third kappa shape index (κ3) is 3.70. The van der Waals surface area contributed by atoms with Crippen LogP contribution in [0.25, 0.3) is 0 Å². The third-order valence-electron chi connectivity index (χ3n) is 2.40. The van der Waals surface area contributed by atoms with Gasteiger partial charge in [-0.1, -0.05) is 40.9 Å². The lowest BCUT2D eigenvalue weighted by Gasteiger charge is -2.11. The maximum Gasteiger partial charge on any atom is 0.0686 e. The Morgan fingerprint density at radius 2 is 2.27 bits per heavy atom. The first kappa shape index (κ1) is 12.3. The second-order valence-corrected chi connectivity index (χ2v) is 4.45. The van der Waals surface area contributed by atoms with Gasteiger partial charge < -0.3 is 0 Å². The molecule has 80 valence electrons. The molecule has 0 saturated carbocycles. The number of terminal acetylenes is 1. The lowest BCUT2D eigenvalue weighted by molar-refractivity contribution is 0.592. The zero-order chi connectivity index (χ0) is 11.3. The van der Waals surface area contributed by atoms with Crippen molar-refractivity contribution in [1.29, 1.82) is 0 Å². The van der Waals surface area contributed by atoms with Gasteiger partial charge in [0, 0.05) is 11.0 Å². The predicted molar refractivity (Wildman–Crippen MR) is 68.6 cm³/mol. The van der Waals surface area contributed by atoms with Crippen LogP contribution < -0.4 is 5.32 Å². The number of aryl methyl sites for hydroxylation is 1. The Kier molecular flexibility index (Phi) is 4.87. The largest absolute Gasteiger partial charge is 0.300 e. The van der Waals surface area contributed by atoms with Crippen LogP contribution in [0.1, 0.15) is 24.5 Å². The highest BCUT2D eigenvalue weighted by Gasteiger charge is 2.01. The summed E-state index contributed by atoms with van der Waals surface area (Å²) in [6.45, 7) is 4.99. The van der Waals surface area contributed by atoms with Gasteiger partial charge in [0.2, 0.25) is 0 Å². The Balaban J connectivity index is 2.59. The van der Waals surface area contributed by atoms with Crippen molar-refractivity contribution < 1.29 is 0 Å². The van der Waals surface area contributed by atoms with Crippen LogP contribution in [0.3, 0.4) is 0 Å². The molecule has 1 N–H and O–H groups in total. The van der Waals surface area contributed by atoms with Gasteiger partial charge in [0.05, 0.1) is 6.04 Å². The Bertz CT molecular complexity index is 365. The summed E-state index contributed by atoms with van der Waals surface area (Å²) in [5.41, 5.74) is 2.50. The number of halogens is 1. The maximum atomic E-state index is 5.38. The normalized spacial score (nSPS) is 12.1. The van der Waals surface area contributed by atoms with E-state index in [1.54, 1.807) is 0 Å². The molecule has 0 aliphatic carbocycles. The lowest BCUT2D eigenvalue weighted by atomic mass is 10.1. The summed E-state index contributed by atoms with van der Waals surface area (Å²) in [7, 11) is 0. The molecule has 0 fully saturated rings. The van der Waals surface area contributed by atoms with Gasteiger partial charge in [-0.2, -0.15) is 0 Å². The zero-order valence-corrected chi connectivity index (χ0v) is 10.8. The first-order valence-corrected chi connectivity index (χ1v) is 5.91. The first-order chi connectivity index (χ1) is 7.17. The fourth-order valence-corrected chi connectivity index (χ4v) is 1.73. The quantitative estimate of drug-likeness (QED) is 0.825. The van der Waals surface area contributed by atoms with E-state index in [9.17, 15) is 0 Å². The molecule has 0 amide bonds. The van der Waals surface area contributed by atoms with Crippen LogP contribution in [0.5, 0.6) is 0 Å². The Labute approximate surface area is 100 Å². The molecule has 0 heterocycles. The van der Waals surface area contributed by atoms with Crippen molar-refractivity contribution in [3.63, 3.8) is 0 Å². The summed E-state index contributed by atoms with van der Waals surface area (Å²) < 4.78 is 1.15. The number of nitrogens with one attached hydrogen (secondary N) is 1. The molecule has 0 saturated heterocycles. The van der Waals surface area contributed by atoms with E-state index >= 15 is 0 Å². The second kappa shape index (κ2) is 5.95. The second-order valence-electron chi connectivity index (χ2n) is 3.59. The van der Waals surface area contributed by atoms with Crippen molar-refractivity contribution >= 4 is 15.9 Å². The molecule has 2 heteroatoms. The smallest absolute Gasteiger partial charge is 0.0686 e. The van der Waals surface area contributed by atoms with Gasteiger partial charge in [0.1, 0.15) is 0 Å². The fourth-order valence-electron chi connectivity index (χ4n) is 1.31. The van der Waals surface area contributed by atoms with E-state index in [-0.39, 0.29) is 6.04 Å². The average molecular weight is 266 g/mol. The van der Waals surface area contributed by atoms with Crippen LogP contribution in [0.15, 0.2) is 22.7 Å². The Morgan fingerprint density at radius 3 is 2.80 bits per heavy atom. The van der Waals surface area contributed by atoms with E-state index in [2.05, 4.69) is 59.2 Å². The van der Waals surface area contributed by atoms with Crippen LogP contribution in [0, 0.1) is 19.3 Å². The highest BCUT2D eigenvalue weighted by molar-refractivity contribution is 9.10. The first-order valence-electron chi connectivity index (χ1n) is 5.12. The van der Waals surface area contributed by atoms with Gasteiger partial charge in [0.25, 0.3) is 0 Å². The van der Waals surface area contributed by atoms with Gasteiger partial charge in [0.15, 0.2) is 0 Å². The molecule has 15 heavy (non-hydrogen) atoms. The van der Waals surface area contributed by atoms with Gasteiger partial charge >= 0.3 is 0 Å². The summed E-state index contributed by atoms with van der Waals surface area (Å²) in [4.78, 5) is 0. The Hall–Kier alpha value is -0.780. The van der Waals surface area contributed by atoms with E-state index in [4.69, 9.17) is 6.42 Å². The molecule has 0 aliphatic heterocycles. The summed E-state index contributed by atoms with van der Waals surface area (Å²) in [5.74, 6) is 2.73. The van der Waals surface area contributed by atoms with Crippen molar-refractivity contribution in [3.8, 4) is 12.3 Å². The third-order valence-corrected chi connectivity index (χ3v) is 3.25. The van der Waals surface area contributed by atoms with E-state index in [0.717, 1.165) is 17.4 Å². The SMILES string of the molecule is C#CC(CC)NCc1ccc(C)c(Br)c1. The highest BCUT2D eigenvalue weighted by atomic mass is 79.9. The molecule has 1 aromatic rings. The maximum absolute atomic E-state index is 5.38. The molecule has 0 aliphatic rings. The summed E-state index contributed by atoms with van der Waals surface area (Å²) in [6.07, 6.45) is 6.34. The Morgan fingerprint density at radius 1 is 1.53 bits per heavy atom. The predicted octanol–water partition coefficient (Wildman–Crippen LogP) is 3.26. The zero-order valence-electron chi connectivity index (χ0n) is 9.18. The minimum Gasteiger partial charge on any atom is -0.300 e. The molecule has 0 spiro atoms. The van der Waals surface area contributed by atoms with Crippen molar-refractivity contribution in [3.05, 3.63) is 33.8 Å². The molecule has 0 bridgehead atoms. The van der Waals surface area contributed by atoms with Crippen LogP contribution in [-0.2, 0) is 6.54 Å². The highest BCUT2D eigenvalue weighted by Crippen LogP contribution is 2.17. The van der Waals surface area contributed by atoms with E-state index in [1.165, 1.54) is 11.1 Å². The number of rotatable bonds is 4. The van der Waals surface area contributed by atoms with E-state index in [1.807, 2.05) is 0 Å². The van der Waals surface area contributed by atoms with Gasteiger partial charge in [-0.05, 0) is 30.5 Å². The summed E-state index contributed by atoms with van der Waals surface area (Å²) >= 11 is 3.52. The number of hydrogen-bond acceptors (Lipinski definition) is 1. The summed E-state index contributed by atoms with van der Waals surface area (Å²) in [5, 5.41) is 3.33. The fraction of sp³-hybridized carbons (Fsp3) is 0.385. The molecule has 1 nitrogen and oxygen atoms in total. The molecule has 0 radical (unpaired) electrons. The van der Waals surface area contributed by atoms with E-state index < -0.39 is 0 Å². The van der Waals surface area contributed by atoms with Gasteiger partial charge in [-0.15, -0.1) is 6.42 Å². The molecule has 1 rings (SSSR count). The molecular weight excluding hydrogens is 250 g/mol. The molecule has 1 atom stereocenters. The van der Waals surface area contributed by atoms with Crippen LogP contribution in [0.2, 0.25) is 0 Å². The minimum atomic E-state index is 0.171. The molecule has 0 aromatic heterocycles. The summed E-state index contributed by atoms with van der Waals surface area (Å²) in [6, 6.07) is 6.53. The van der Waals surface area contributed by atoms with Crippen molar-refractivity contribution in [1.82, 2.24) is 5.32 Å². The average Bonchev–Trinajstić information content (AvgIpc) is 2.24. The molecule has 1 aromatic carbocycles. The van der Waals surface area contributed by atoms with Crippen molar-refractivity contribution in [2.24, 2.45) is 0 Å². The van der Waals surface area contributed by atoms with E-state index in [0.29, 0.717) is 0 Å². The number of benzene rings is 1. The van der Waals surface area contributed by atoms with Gasteiger partial charge in [-0.25, -0.2) is 0 Å². The van der Waals surface area contributed by atoms with Crippen molar-refractivity contribution in [2.45, 2.75) is 32.9 Å². The van der Waals surface area contributed by atoms with Crippen molar-refractivity contribution in [2.75, 3.05) is 0 Å². The molecular formula is C13H16BrN. The van der Waals surface area contributed by atoms with Crippen LogP contribution in [-0.4, -0.2) is 6.04 Å².